The molecule has 2 aromatic rings. The highest BCUT2D eigenvalue weighted by Crippen LogP contribution is 2.24. The lowest BCUT2D eigenvalue weighted by atomic mass is 10.0. The van der Waals surface area contributed by atoms with Crippen LogP contribution in [0.1, 0.15) is 32.3 Å². The molecule has 2 aromatic carbocycles. The van der Waals surface area contributed by atoms with Crippen molar-refractivity contribution in [3.05, 3.63) is 54.1 Å². The van der Waals surface area contributed by atoms with Gasteiger partial charge in [-0.2, -0.15) is 0 Å². The van der Waals surface area contributed by atoms with Crippen LogP contribution in [0.25, 0.3) is 0 Å². The van der Waals surface area contributed by atoms with Gasteiger partial charge in [-0.15, -0.1) is 0 Å². The molecule has 0 saturated heterocycles. The molecular weight excluding hydrogens is 354 g/mol. The lowest BCUT2D eigenvalue weighted by molar-refractivity contribution is -0.119. The maximum Gasteiger partial charge on any atom is 0.238 e. The van der Waals surface area contributed by atoms with Crippen LogP contribution in [0.3, 0.4) is 0 Å². The molecule has 0 spiro atoms. The second-order valence-electron chi connectivity index (χ2n) is 6.84. The van der Waals surface area contributed by atoms with Crippen LogP contribution >= 0.6 is 0 Å². The van der Waals surface area contributed by atoms with Crippen LogP contribution in [-0.4, -0.2) is 43.5 Å². The van der Waals surface area contributed by atoms with Gasteiger partial charge in [-0.25, -0.2) is 0 Å². The molecule has 0 radical (unpaired) electrons. The van der Waals surface area contributed by atoms with Gasteiger partial charge in [0.15, 0.2) is 0 Å². The van der Waals surface area contributed by atoms with Gasteiger partial charge < -0.3 is 15.4 Å². The van der Waals surface area contributed by atoms with E-state index in [1.807, 2.05) is 43.3 Å². The Morgan fingerprint density at radius 1 is 0.929 bits per heavy atom. The minimum absolute atomic E-state index is 0.119. The van der Waals surface area contributed by atoms with Crippen molar-refractivity contribution in [1.29, 1.82) is 0 Å². The van der Waals surface area contributed by atoms with Crippen molar-refractivity contribution in [2.45, 2.75) is 26.7 Å². The Hall–Kier alpha value is -2.86. The maximum absolute atomic E-state index is 12.5. The second-order valence-corrected chi connectivity index (χ2v) is 6.84. The number of carbonyl (C=O) groups is 2. The van der Waals surface area contributed by atoms with Gasteiger partial charge in [0.05, 0.1) is 25.9 Å². The fourth-order valence-electron chi connectivity index (χ4n) is 2.93. The minimum atomic E-state index is -0.193. The number of amides is 2. The zero-order valence-corrected chi connectivity index (χ0v) is 17.0. The van der Waals surface area contributed by atoms with Crippen LogP contribution in [0, 0.1) is 0 Å². The monoisotopic (exact) mass is 383 g/mol. The number of anilines is 2. The summed E-state index contributed by atoms with van der Waals surface area (Å²) in [7, 11) is 1.56. The van der Waals surface area contributed by atoms with Gasteiger partial charge in [-0.05, 0) is 36.2 Å². The van der Waals surface area contributed by atoms with Crippen molar-refractivity contribution in [1.82, 2.24) is 4.90 Å². The number of nitrogens with one attached hydrogen (secondary N) is 2. The summed E-state index contributed by atoms with van der Waals surface area (Å²) in [6.07, 6.45) is 0. The van der Waals surface area contributed by atoms with Crippen molar-refractivity contribution < 1.29 is 14.3 Å². The molecule has 0 saturated carbocycles. The predicted octanol–water partition coefficient (Wildman–Crippen LogP) is 3.72. The van der Waals surface area contributed by atoms with Gasteiger partial charge in [0, 0.05) is 5.69 Å². The minimum Gasteiger partial charge on any atom is -0.495 e. The van der Waals surface area contributed by atoms with E-state index in [0.29, 0.717) is 23.9 Å². The van der Waals surface area contributed by atoms with Gasteiger partial charge in [0.25, 0.3) is 0 Å². The molecule has 0 aliphatic heterocycles. The molecule has 0 bridgehead atoms. The molecule has 28 heavy (non-hydrogen) atoms. The molecule has 0 unspecified atom stereocenters. The van der Waals surface area contributed by atoms with E-state index < -0.39 is 0 Å². The van der Waals surface area contributed by atoms with E-state index in [0.717, 1.165) is 11.3 Å². The third-order valence-corrected chi connectivity index (χ3v) is 4.42. The van der Waals surface area contributed by atoms with Crippen molar-refractivity contribution in [2.24, 2.45) is 0 Å². The summed E-state index contributed by atoms with van der Waals surface area (Å²) >= 11 is 0. The Kier molecular flexibility index (Phi) is 8.02. The van der Waals surface area contributed by atoms with Gasteiger partial charge in [0.1, 0.15) is 5.75 Å². The summed E-state index contributed by atoms with van der Waals surface area (Å²) < 4.78 is 5.25. The molecule has 0 aromatic heterocycles. The quantitative estimate of drug-likeness (QED) is 0.692. The zero-order valence-electron chi connectivity index (χ0n) is 17.0. The summed E-state index contributed by atoms with van der Waals surface area (Å²) in [6, 6.07) is 15.0. The normalized spacial score (nSPS) is 10.8. The van der Waals surface area contributed by atoms with E-state index >= 15 is 0 Å². The number of ether oxygens (including phenoxy) is 1. The Morgan fingerprint density at radius 3 is 2.04 bits per heavy atom. The average Bonchev–Trinajstić information content (AvgIpc) is 2.68. The standard InChI is InChI=1S/C22H29N3O3/c1-5-25(15-22(27)24-19-12-8-9-13-20(19)28-4)14-21(26)23-18-11-7-6-10-17(18)16(2)3/h6-13,16H,5,14-15H2,1-4H3,(H,23,26)(H,24,27). The summed E-state index contributed by atoms with van der Waals surface area (Å²) in [5.41, 5.74) is 2.52. The topological polar surface area (TPSA) is 70.7 Å². The van der Waals surface area contributed by atoms with E-state index in [1.54, 1.807) is 24.1 Å². The highest BCUT2D eigenvalue weighted by atomic mass is 16.5. The molecule has 0 fully saturated rings. The number of hydrogen-bond donors (Lipinski definition) is 2. The fraction of sp³-hybridized carbons (Fsp3) is 0.364. The van der Waals surface area contributed by atoms with Crippen molar-refractivity contribution in [2.75, 3.05) is 37.4 Å². The number of hydrogen-bond acceptors (Lipinski definition) is 4. The first-order chi connectivity index (χ1) is 13.4. The summed E-state index contributed by atoms with van der Waals surface area (Å²) in [5, 5.41) is 5.80. The zero-order chi connectivity index (χ0) is 20.5. The summed E-state index contributed by atoms with van der Waals surface area (Å²) in [4.78, 5) is 26.7. The van der Waals surface area contributed by atoms with Crippen LogP contribution in [-0.2, 0) is 9.59 Å². The Labute approximate surface area is 166 Å². The summed E-state index contributed by atoms with van der Waals surface area (Å²) in [6.45, 7) is 6.94. The number of rotatable bonds is 9. The van der Waals surface area contributed by atoms with Crippen molar-refractivity contribution >= 4 is 23.2 Å². The number of likely N-dealkylation sites (N-methyl/N-ethyl adjacent to an activating group) is 1. The molecule has 150 valence electrons. The Bertz CT molecular complexity index is 805. The third kappa shape index (κ3) is 6.09. The van der Waals surface area contributed by atoms with Crippen LogP contribution < -0.4 is 15.4 Å². The molecule has 0 aliphatic rings. The van der Waals surface area contributed by atoms with Crippen LogP contribution in [0.2, 0.25) is 0 Å². The van der Waals surface area contributed by atoms with E-state index in [2.05, 4.69) is 24.5 Å². The number of benzene rings is 2. The molecule has 6 nitrogen and oxygen atoms in total. The van der Waals surface area contributed by atoms with E-state index in [4.69, 9.17) is 4.74 Å². The SMILES string of the molecule is CCN(CC(=O)Nc1ccccc1OC)CC(=O)Nc1ccccc1C(C)C. The molecule has 2 rings (SSSR count). The van der Waals surface area contributed by atoms with E-state index in [1.165, 1.54) is 0 Å². The first-order valence-corrected chi connectivity index (χ1v) is 9.48. The third-order valence-electron chi connectivity index (χ3n) is 4.42. The maximum atomic E-state index is 12.5. The van der Waals surface area contributed by atoms with Gasteiger partial charge >= 0.3 is 0 Å². The number of carbonyl (C=O) groups excluding carboxylic acids is 2. The highest BCUT2D eigenvalue weighted by molar-refractivity contribution is 5.95. The summed E-state index contributed by atoms with van der Waals surface area (Å²) in [5.74, 6) is 0.578. The lowest BCUT2D eigenvalue weighted by Crippen LogP contribution is -2.38. The fourth-order valence-corrected chi connectivity index (χ4v) is 2.93. The smallest absolute Gasteiger partial charge is 0.238 e. The number of nitrogens with zero attached hydrogens (tertiary/aromatic N) is 1. The average molecular weight is 383 g/mol. The molecule has 0 heterocycles. The predicted molar refractivity (Wildman–Crippen MR) is 113 cm³/mol. The van der Waals surface area contributed by atoms with E-state index in [-0.39, 0.29) is 24.9 Å². The second kappa shape index (κ2) is 10.5. The first-order valence-electron chi connectivity index (χ1n) is 9.48. The van der Waals surface area contributed by atoms with Crippen molar-refractivity contribution in [3.63, 3.8) is 0 Å². The molecule has 2 N–H and O–H groups in total. The molecule has 2 amide bonds. The van der Waals surface area contributed by atoms with Crippen LogP contribution in [0.4, 0.5) is 11.4 Å². The van der Waals surface area contributed by atoms with Crippen LogP contribution in [0.15, 0.2) is 48.5 Å². The largest absolute Gasteiger partial charge is 0.495 e. The van der Waals surface area contributed by atoms with Crippen molar-refractivity contribution in [3.8, 4) is 5.75 Å². The Balaban J connectivity index is 1.94. The number of methoxy groups -OCH3 is 1. The molecule has 0 atom stereocenters. The van der Waals surface area contributed by atoms with E-state index in [9.17, 15) is 9.59 Å². The van der Waals surface area contributed by atoms with Gasteiger partial charge in [0.2, 0.25) is 11.8 Å². The first kappa shape index (κ1) is 21.4. The highest BCUT2D eigenvalue weighted by Gasteiger charge is 2.16. The molecule has 0 aliphatic carbocycles. The molecule has 6 heteroatoms. The number of para-hydroxylation sites is 3. The van der Waals surface area contributed by atoms with Crippen LogP contribution in [0.5, 0.6) is 5.75 Å². The van der Waals surface area contributed by atoms with Gasteiger partial charge in [-0.1, -0.05) is 51.1 Å². The van der Waals surface area contributed by atoms with Gasteiger partial charge in [-0.3, -0.25) is 14.5 Å². The lowest BCUT2D eigenvalue weighted by Gasteiger charge is -2.20. The Morgan fingerprint density at radius 2 is 1.46 bits per heavy atom. The molecular formula is C22H29N3O3.